The van der Waals surface area contributed by atoms with Crippen LogP contribution in [-0.2, 0) is 17.8 Å². The molecule has 1 fully saturated rings. The topological polar surface area (TPSA) is 52.4 Å². The van der Waals surface area contributed by atoms with Crippen LogP contribution in [0.15, 0.2) is 11.1 Å². The van der Waals surface area contributed by atoms with Crippen molar-refractivity contribution in [3.8, 4) is 0 Å². The third kappa shape index (κ3) is 1.27. The molecule has 0 amide bonds. The van der Waals surface area contributed by atoms with E-state index in [1.165, 1.54) is 4.68 Å². The molecule has 1 saturated heterocycles. The summed E-state index contributed by atoms with van der Waals surface area (Å²) < 4.78 is 8.02. The van der Waals surface area contributed by atoms with Gasteiger partial charge in [-0.2, -0.15) is 5.10 Å². The number of aromatic nitrogens is 3. The minimum Gasteiger partial charge on any atom is -0.371 e. The summed E-state index contributed by atoms with van der Waals surface area (Å²) >= 11 is 0. The summed E-state index contributed by atoms with van der Waals surface area (Å²) in [6.07, 6.45) is 1.77. The summed E-state index contributed by atoms with van der Waals surface area (Å²) in [5, 5.41) is 3.95. The smallest absolute Gasteiger partial charge is 0.345 e. The van der Waals surface area contributed by atoms with Gasteiger partial charge in [0, 0.05) is 6.54 Å². The number of hydrogen-bond donors (Lipinski definition) is 0. The molecule has 0 unspecified atom stereocenters. The lowest BCUT2D eigenvalue weighted by atomic mass is 10.5. The summed E-state index contributed by atoms with van der Waals surface area (Å²) in [7, 11) is 0. The van der Waals surface area contributed by atoms with Crippen molar-refractivity contribution < 1.29 is 4.74 Å². The molecular formula is C7H11N3O2. The second-order valence-electron chi connectivity index (χ2n) is 2.84. The molecule has 66 valence electrons. The molecule has 1 aromatic rings. The van der Waals surface area contributed by atoms with Crippen LogP contribution in [0.3, 0.4) is 0 Å². The normalized spacial score (nSPS) is 21.2. The molecule has 2 rings (SSSR count). The van der Waals surface area contributed by atoms with Gasteiger partial charge < -0.3 is 4.74 Å². The van der Waals surface area contributed by atoms with Crippen molar-refractivity contribution in [2.24, 2.45) is 0 Å². The Morgan fingerprint density at radius 1 is 1.83 bits per heavy atom. The molecule has 0 N–H and O–H groups in total. The Morgan fingerprint density at radius 3 is 3.08 bits per heavy atom. The van der Waals surface area contributed by atoms with Gasteiger partial charge in [0.15, 0.2) is 0 Å². The molecule has 1 aliphatic heterocycles. The van der Waals surface area contributed by atoms with Gasteiger partial charge in [0.1, 0.15) is 12.4 Å². The van der Waals surface area contributed by atoms with Gasteiger partial charge in [-0.05, 0) is 6.92 Å². The Labute approximate surface area is 69.6 Å². The molecule has 0 radical (unpaired) electrons. The predicted molar refractivity (Wildman–Crippen MR) is 41.9 cm³/mol. The highest BCUT2D eigenvalue weighted by atomic mass is 16.6. The molecule has 0 saturated carbocycles. The van der Waals surface area contributed by atoms with Gasteiger partial charge >= 0.3 is 5.69 Å². The zero-order chi connectivity index (χ0) is 8.55. The number of aryl methyl sites for hydroxylation is 1. The third-order valence-electron chi connectivity index (χ3n) is 1.92. The Bertz CT molecular complexity index is 324. The van der Waals surface area contributed by atoms with Gasteiger partial charge in [0.2, 0.25) is 0 Å². The highest BCUT2D eigenvalue weighted by molar-refractivity contribution is 4.73. The van der Waals surface area contributed by atoms with Crippen LogP contribution in [0, 0.1) is 0 Å². The number of epoxide rings is 1. The summed E-state index contributed by atoms with van der Waals surface area (Å²) in [6, 6.07) is 0. The highest BCUT2D eigenvalue weighted by Gasteiger charge is 2.24. The monoisotopic (exact) mass is 169 g/mol. The van der Waals surface area contributed by atoms with Crippen molar-refractivity contribution in [1.82, 2.24) is 14.3 Å². The molecule has 0 aliphatic carbocycles. The van der Waals surface area contributed by atoms with Gasteiger partial charge in [-0.3, -0.25) is 4.57 Å². The van der Waals surface area contributed by atoms with Gasteiger partial charge in [-0.25, -0.2) is 9.48 Å². The van der Waals surface area contributed by atoms with Gasteiger partial charge in [-0.15, -0.1) is 0 Å². The van der Waals surface area contributed by atoms with Crippen molar-refractivity contribution in [2.75, 3.05) is 6.61 Å². The van der Waals surface area contributed by atoms with E-state index < -0.39 is 0 Å². The molecular weight excluding hydrogens is 158 g/mol. The number of rotatable bonds is 3. The van der Waals surface area contributed by atoms with E-state index in [4.69, 9.17) is 4.74 Å². The Hall–Kier alpha value is -1.10. The highest BCUT2D eigenvalue weighted by Crippen LogP contribution is 2.09. The number of hydrogen-bond acceptors (Lipinski definition) is 3. The maximum atomic E-state index is 11.4. The van der Waals surface area contributed by atoms with Gasteiger partial charge in [-0.1, -0.05) is 0 Å². The van der Waals surface area contributed by atoms with E-state index in [0.29, 0.717) is 13.1 Å². The SMILES string of the molecule is CCn1cnn(C[C@@H]2CO2)c1=O. The molecule has 0 spiro atoms. The van der Waals surface area contributed by atoms with E-state index in [1.807, 2.05) is 6.92 Å². The summed E-state index contributed by atoms with van der Waals surface area (Å²) in [5.74, 6) is 0. The summed E-state index contributed by atoms with van der Waals surface area (Å²) in [5.41, 5.74) is -0.0481. The molecule has 0 bridgehead atoms. The van der Waals surface area contributed by atoms with Crippen molar-refractivity contribution >= 4 is 0 Å². The average Bonchev–Trinajstić information content (AvgIpc) is 2.80. The van der Waals surface area contributed by atoms with Crippen LogP contribution in [-0.4, -0.2) is 27.1 Å². The number of nitrogens with zero attached hydrogens (tertiary/aromatic N) is 3. The minimum atomic E-state index is -0.0481. The molecule has 1 aromatic heterocycles. The average molecular weight is 169 g/mol. The Balaban J connectivity index is 2.19. The molecule has 1 aliphatic rings. The molecule has 1 atom stereocenters. The van der Waals surface area contributed by atoms with E-state index in [-0.39, 0.29) is 11.8 Å². The lowest BCUT2D eigenvalue weighted by Crippen LogP contribution is -2.26. The predicted octanol–water partition coefficient (Wildman–Crippen LogP) is -0.536. The first-order valence-corrected chi connectivity index (χ1v) is 4.05. The first-order chi connectivity index (χ1) is 5.81. The van der Waals surface area contributed by atoms with Crippen LogP contribution >= 0.6 is 0 Å². The van der Waals surface area contributed by atoms with E-state index in [9.17, 15) is 4.79 Å². The van der Waals surface area contributed by atoms with Crippen molar-refractivity contribution in [3.05, 3.63) is 16.8 Å². The fraction of sp³-hybridized carbons (Fsp3) is 0.714. The molecule has 5 heteroatoms. The maximum absolute atomic E-state index is 11.4. The first kappa shape index (κ1) is 7.54. The zero-order valence-electron chi connectivity index (χ0n) is 6.93. The third-order valence-corrected chi connectivity index (χ3v) is 1.92. The zero-order valence-corrected chi connectivity index (χ0v) is 6.93. The van der Waals surface area contributed by atoms with Crippen LogP contribution in [0.1, 0.15) is 6.92 Å². The molecule has 5 nitrogen and oxygen atoms in total. The van der Waals surface area contributed by atoms with Crippen LogP contribution < -0.4 is 5.69 Å². The van der Waals surface area contributed by atoms with Gasteiger partial charge in [0.25, 0.3) is 0 Å². The number of ether oxygens (including phenoxy) is 1. The molecule has 0 aromatic carbocycles. The summed E-state index contributed by atoms with van der Waals surface area (Å²) in [4.78, 5) is 11.4. The fourth-order valence-corrected chi connectivity index (χ4v) is 1.08. The van der Waals surface area contributed by atoms with Crippen LogP contribution in [0.5, 0.6) is 0 Å². The van der Waals surface area contributed by atoms with Crippen molar-refractivity contribution in [1.29, 1.82) is 0 Å². The largest absolute Gasteiger partial charge is 0.371 e. The van der Waals surface area contributed by atoms with Crippen LogP contribution in [0.4, 0.5) is 0 Å². The standard InChI is InChI=1S/C7H11N3O2/c1-2-9-5-8-10(7(9)11)3-6-4-12-6/h5-6H,2-4H2,1H3/t6-/m1/s1. The van der Waals surface area contributed by atoms with E-state index in [0.717, 1.165) is 6.61 Å². The van der Waals surface area contributed by atoms with E-state index in [2.05, 4.69) is 5.10 Å². The summed E-state index contributed by atoms with van der Waals surface area (Å²) in [6.45, 7) is 3.93. The minimum absolute atomic E-state index is 0.0481. The second-order valence-corrected chi connectivity index (χ2v) is 2.84. The van der Waals surface area contributed by atoms with Gasteiger partial charge in [0.05, 0.1) is 13.2 Å². The molecule has 12 heavy (non-hydrogen) atoms. The molecule has 2 heterocycles. The quantitative estimate of drug-likeness (QED) is 0.571. The maximum Gasteiger partial charge on any atom is 0.345 e. The van der Waals surface area contributed by atoms with Crippen molar-refractivity contribution in [2.45, 2.75) is 26.1 Å². The first-order valence-electron chi connectivity index (χ1n) is 4.05. The second kappa shape index (κ2) is 2.75. The Kier molecular flexibility index (Phi) is 1.73. The van der Waals surface area contributed by atoms with Crippen LogP contribution in [0.25, 0.3) is 0 Å². The lowest BCUT2D eigenvalue weighted by molar-refractivity contribution is 0.369. The van der Waals surface area contributed by atoms with E-state index >= 15 is 0 Å². The Morgan fingerprint density at radius 2 is 2.58 bits per heavy atom. The van der Waals surface area contributed by atoms with E-state index in [1.54, 1.807) is 10.9 Å². The fourth-order valence-electron chi connectivity index (χ4n) is 1.08. The van der Waals surface area contributed by atoms with Crippen LogP contribution in [0.2, 0.25) is 0 Å². The lowest BCUT2D eigenvalue weighted by Gasteiger charge is -1.93. The van der Waals surface area contributed by atoms with Crippen molar-refractivity contribution in [3.63, 3.8) is 0 Å².